The number of nitrogens with zero attached hydrogens (tertiary/aromatic N) is 1. The average molecular weight is 463 g/mol. The maximum absolute atomic E-state index is 10.5. The first-order valence-corrected chi connectivity index (χ1v) is 9.04. The highest BCUT2D eigenvalue weighted by atomic mass is 79.9. The van der Waals surface area contributed by atoms with Crippen LogP contribution in [-0.2, 0) is 4.74 Å². The summed E-state index contributed by atoms with van der Waals surface area (Å²) in [6.07, 6.45) is 2.05. The fourth-order valence-electron chi connectivity index (χ4n) is 3.55. The molecule has 8 heteroatoms. The smallest absolute Gasteiger partial charge is 0.139 e. The molecular weight excluding hydrogens is 438 g/mol. The molecule has 4 nitrogen and oxygen atoms in total. The second-order valence-corrected chi connectivity index (χ2v) is 7.33. The molecule has 0 aromatic heterocycles. The van der Waals surface area contributed by atoms with Gasteiger partial charge < -0.3 is 15.2 Å². The van der Waals surface area contributed by atoms with Crippen molar-refractivity contribution in [2.75, 3.05) is 39.4 Å². The highest BCUT2D eigenvalue weighted by Crippen LogP contribution is 2.43. The van der Waals surface area contributed by atoms with E-state index in [4.69, 9.17) is 16.3 Å². The van der Waals surface area contributed by atoms with Gasteiger partial charge in [-0.15, -0.1) is 24.8 Å². The second-order valence-electron chi connectivity index (χ2n) is 6.01. The fourth-order valence-corrected chi connectivity index (χ4v) is 4.39. The SMILES string of the molecule is Cl.Cl.Oc1c(Cl)cc(Br)cc1[C@@H](C1CCOCC1)N1CCNCC1. The van der Waals surface area contributed by atoms with Crippen LogP contribution in [0.5, 0.6) is 5.75 Å². The summed E-state index contributed by atoms with van der Waals surface area (Å²) in [5.74, 6) is 0.711. The van der Waals surface area contributed by atoms with Crippen LogP contribution in [-0.4, -0.2) is 49.4 Å². The molecule has 2 heterocycles. The summed E-state index contributed by atoms with van der Waals surface area (Å²) < 4.78 is 6.44. The third-order valence-corrected chi connectivity index (χ3v) is 5.38. The van der Waals surface area contributed by atoms with Crippen LogP contribution in [0.2, 0.25) is 5.02 Å². The number of benzene rings is 1. The van der Waals surface area contributed by atoms with E-state index in [1.165, 1.54) is 0 Å². The second kappa shape index (κ2) is 10.4. The molecule has 1 aromatic rings. The number of phenols is 1. The standard InChI is InChI=1S/C16H22BrClN2O2.2ClH/c17-12-9-13(16(21)14(18)10-12)15(11-1-7-22-8-2-11)20-5-3-19-4-6-20;;/h9-11,15,19,21H,1-8H2;2*1H/t15-;;/m1../s1. The molecule has 138 valence electrons. The molecule has 1 aromatic carbocycles. The van der Waals surface area contributed by atoms with Crippen molar-refractivity contribution in [3.63, 3.8) is 0 Å². The van der Waals surface area contributed by atoms with Crippen molar-refractivity contribution in [1.82, 2.24) is 10.2 Å². The molecule has 2 aliphatic heterocycles. The predicted molar refractivity (Wildman–Crippen MR) is 106 cm³/mol. The monoisotopic (exact) mass is 460 g/mol. The van der Waals surface area contributed by atoms with Gasteiger partial charge in [-0.05, 0) is 30.9 Å². The Morgan fingerprint density at radius 3 is 2.46 bits per heavy atom. The van der Waals surface area contributed by atoms with Crippen LogP contribution in [0.25, 0.3) is 0 Å². The third kappa shape index (κ3) is 5.13. The highest BCUT2D eigenvalue weighted by molar-refractivity contribution is 9.10. The molecule has 0 amide bonds. The molecular formula is C16H24BrCl3N2O2. The van der Waals surface area contributed by atoms with Gasteiger partial charge in [-0.2, -0.15) is 0 Å². The summed E-state index contributed by atoms with van der Waals surface area (Å²) in [6.45, 7) is 5.56. The zero-order valence-electron chi connectivity index (χ0n) is 13.3. The molecule has 0 bridgehead atoms. The number of piperazine rings is 1. The lowest BCUT2D eigenvalue weighted by molar-refractivity contribution is 0.0206. The molecule has 2 aliphatic rings. The van der Waals surface area contributed by atoms with Crippen LogP contribution in [0.1, 0.15) is 24.4 Å². The van der Waals surface area contributed by atoms with E-state index in [0.717, 1.165) is 62.3 Å². The van der Waals surface area contributed by atoms with Crippen LogP contribution in [0.4, 0.5) is 0 Å². The summed E-state index contributed by atoms with van der Waals surface area (Å²) >= 11 is 9.72. The number of phenolic OH excluding ortho intramolecular Hbond substituents is 1. The van der Waals surface area contributed by atoms with Crippen molar-refractivity contribution in [3.05, 3.63) is 27.2 Å². The first kappa shape index (κ1) is 22.3. The molecule has 2 N–H and O–H groups in total. The maximum Gasteiger partial charge on any atom is 0.139 e. The average Bonchev–Trinajstić information content (AvgIpc) is 2.54. The summed E-state index contributed by atoms with van der Waals surface area (Å²) in [7, 11) is 0. The molecule has 0 spiro atoms. The van der Waals surface area contributed by atoms with E-state index in [0.29, 0.717) is 10.9 Å². The molecule has 24 heavy (non-hydrogen) atoms. The van der Waals surface area contributed by atoms with E-state index < -0.39 is 0 Å². The van der Waals surface area contributed by atoms with E-state index >= 15 is 0 Å². The lowest BCUT2D eigenvalue weighted by Gasteiger charge is -2.41. The third-order valence-electron chi connectivity index (χ3n) is 4.63. The number of aromatic hydroxyl groups is 1. The summed E-state index contributed by atoms with van der Waals surface area (Å²) in [4.78, 5) is 2.48. The van der Waals surface area contributed by atoms with E-state index in [1.807, 2.05) is 6.07 Å². The van der Waals surface area contributed by atoms with Gasteiger partial charge in [0.25, 0.3) is 0 Å². The predicted octanol–water partition coefficient (Wildman–Crippen LogP) is 4.02. The van der Waals surface area contributed by atoms with E-state index in [9.17, 15) is 5.11 Å². The first-order valence-electron chi connectivity index (χ1n) is 7.87. The van der Waals surface area contributed by atoms with Crippen molar-refractivity contribution in [2.45, 2.75) is 18.9 Å². The minimum absolute atomic E-state index is 0. The Bertz CT molecular complexity index is 506. The Morgan fingerprint density at radius 1 is 1.21 bits per heavy atom. The van der Waals surface area contributed by atoms with Crippen molar-refractivity contribution in [2.24, 2.45) is 5.92 Å². The number of nitrogens with one attached hydrogen (secondary N) is 1. The van der Waals surface area contributed by atoms with E-state index in [1.54, 1.807) is 6.07 Å². The lowest BCUT2D eigenvalue weighted by atomic mass is 9.85. The maximum atomic E-state index is 10.5. The van der Waals surface area contributed by atoms with Gasteiger partial charge in [0.2, 0.25) is 0 Å². The number of ether oxygens (including phenoxy) is 1. The quantitative estimate of drug-likeness (QED) is 0.712. The Kier molecular flexibility index (Phi) is 9.67. The number of hydrogen-bond acceptors (Lipinski definition) is 4. The van der Waals surface area contributed by atoms with E-state index in [-0.39, 0.29) is 36.6 Å². The van der Waals surface area contributed by atoms with Crippen molar-refractivity contribution < 1.29 is 9.84 Å². The minimum Gasteiger partial charge on any atom is -0.506 e. The number of hydrogen-bond donors (Lipinski definition) is 2. The van der Waals surface area contributed by atoms with Crippen molar-refractivity contribution in [3.8, 4) is 5.75 Å². The van der Waals surface area contributed by atoms with Crippen LogP contribution in [0.15, 0.2) is 16.6 Å². The number of halogens is 4. The highest BCUT2D eigenvalue weighted by Gasteiger charge is 2.33. The van der Waals surface area contributed by atoms with Gasteiger partial charge >= 0.3 is 0 Å². The zero-order chi connectivity index (χ0) is 15.5. The normalized spacial score (nSPS) is 20.8. The Hall–Kier alpha value is 0.250. The Balaban J connectivity index is 0.00000144. The molecule has 1 atom stereocenters. The largest absolute Gasteiger partial charge is 0.506 e. The van der Waals surface area contributed by atoms with Gasteiger partial charge in [-0.25, -0.2) is 0 Å². The van der Waals surface area contributed by atoms with Crippen LogP contribution < -0.4 is 5.32 Å². The van der Waals surface area contributed by atoms with Crippen molar-refractivity contribution >= 4 is 52.3 Å². The first-order chi connectivity index (χ1) is 10.7. The van der Waals surface area contributed by atoms with Crippen LogP contribution >= 0.6 is 52.3 Å². The van der Waals surface area contributed by atoms with Gasteiger partial charge in [0.15, 0.2) is 0 Å². The molecule has 0 radical (unpaired) electrons. The van der Waals surface area contributed by atoms with E-state index in [2.05, 4.69) is 26.1 Å². The molecule has 2 saturated heterocycles. The van der Waals surface area contributed by atoms with Crippen molar-refractivity contribution in [1.29, 1.82) is 0 Å². The molecule has 3 rings (SSSR count). The van der Waals surface area contributed by atoms with Crippen LogP contribution in [0.3, 0.4) is 0 Å². The van der Waals surface area contributed by atoms with Gasteiger partial charge in [0.1, 0.15) is 5.75 Å². The topological polar surface area (TPSA) is 44.7 Å². The van der Waals surface area contributed by atoms with Gasteiger partial charge in [-0.3, -0.25) is 4.90 Å². The molecule has 0 saturated carbocycles. The number of rotatable bonds is 3. The lowest BCUT2D eigenvalue weighted by Crippen LogP contribution is -2.47. The molecule has 0 aliphatic carbocycles. The summed E-state index contributed by atoms with van der Waals surface area (Å²) in [5.41, 5.74) is 0.938. The van der Waals surface area contributed by atoms with Gasteiger partial charge in [0.05, 0.1) is 5.02 Å². The fraction of sp³-hybridized carbons (Fsp3) is 0.625. The Morgan fingerprint density at radius 2 is 1.83 bits per heavy atom. The summed E-state index contributed by atoms with van der Waals surface area (Å²) in [6, 6.07) is 3.96. The Labute approximate surface area is 169 Å². The van der Waals surface area contributed by atoms with Gasteiger partial charge in [-0.1, -0.05) is 27.5 Å². The van der Waals surface area contributed by atoms with Gasteiger partial charge in [0, 0.05) is 55.5 Å². The summed E-state index contributed by atoms with van der Waals surface area (Å²) in [5, 5.41) is 14.3. The van der Waals surface area contributed by atoms with Crippen LogP contribution in [0, 0.1) is 5.92 Å². The minimum atomic E-state index is 0. The molecule has 2 fully saturated rings. The molecule has 0 unspecified atom stereocenters. The zero-order valence-corrected chi connectivity index (χ0v) is 17.3.